The molecule has 0 amide bonds. The second-order valence-electron chi connectivity index (χ2n) is 2.12. The van der Waals surface area contributed by atoms with Crippen LogP contribution in [0.5, 0.6) is 0 Å². The number of halogens is 2. The first-order valence-corrected chi connectivity index (χ1v) is 3.62. The molecule has 0 fully saturated rings. The van der Waals surface area contributed by atoms with Crippen molar-refractivity contribution in [2.24, 2.45) is 4.99 Å². The monoisotopic (exact) mass is 193 g/mol. The topological polar surface area (TPSA) is 49.7 Å². The number of hydrogen-bond acceptors (Lipinski definition) is 2. The maximum atomic E-state index is 10.4. The maximum absolute atomic E-state index is 10.4. The van der Waals surface area contributed by atoms with Crippen molar-refractivity contribution in [3.05, 3.63) is 11.6 Å². The summed E-state index contributed by atoms with van der Waals surface area (Å²) >= 11 is 11.1. The minimum absolute atomic E-state index is 0.0436. The predicted octanol–water partition coefficient (Wildman–Crippen LogP) is 1.60. The Bertz CT molecular complexity index is 245. The maximum Gasteiger partial charge on any atom is 0.331 e. The van der Waals surface area contributed by atoms with Gasteiger partial charge < -0.3 is 5.11 Å². The van der Waals surface area contributed by atoms with Crippen LogP contribution >= 0.6 is 23.2 Å². The molecular formula is C6H5Cl2NO2. The zero-order valence-corrected chi connectivity index (χ0v) is 6.93. The van der Waals surface area contributed by atoms with Gasteiger partial charge >= 0.3 is 5.97 Å². The van der Waals surface area contributed by atoms with E-state index in [2.05, 4.69) is 4.99 Å². The summed E-state index contributed by atoms with van der Waals surface area (Å²) in [5.41, 5.74) is 0.171. The number of carbonyl (C=O) groups is 1. The number of nitrogens with zero attached hydrogens (tertiary/aromatic N) is 1. The number of carboxylic acid groups (broad SMARTS) is 1. The third-order valence-electron chi connectivity index (χ3n) is 1.22. The van der Waals surface area contributed by atoms with Crippen LogP contribution in [0.25, 0.3) is 0 Å². The van der Waals surface area contributed by atoms with E-state index in [1.165, 1.54) is 12.3 Å². The van der Waals surface area contributed by atoms with Gasteiger partial charge in [0.2, 0.25) is 4.46 Å². The van der Waals surface area contributed by atoms with Crippen LogP contribution in [0.1, 0.15) is 6.42 Å². The minimum Gasteiger partial charge on any atom is -0.478 e. The summed E-state index contributed by atoms with van der Waals surface area (Å²) in [6.07, 6.45) is 2.72. The van der Waals surface area contributed by atoms with Crippen molar-refractivity contribution >= 4 is 35.4 Å². The van der Waals surface area contributed by atoms with Crippen LogP contribution in [-0.2, 0) is 4.79 Å². The smallest absolute Gasteiger partial charge is 0.331 e. The second kappa shape index (κ2) is 2.83. The van der Waals surface area contributed by atoms with Gasteiger partial charge in [-0.1, -0.05) is 23.2 Å². The predicted molar refractivity (Wildman–Crippen MR) is 43.3 cm³/mol. The molecule has 0 saturated carbocycles. The molecule has 5 heteroatoms. The number of dihydropyridines is 1. The van der Waals surface area contributed by atoms with Crippen LogP contribution in [0.2, 0.25) is 0 Å². The van der Waals surface area contributed by atoms with E-state index in [0.717, 1.165) is 0 Å². The molecule has 60 valence electrons. The highest BCUT2D eigenvalue weighted by Crippen LogP contribution is 2.32. The Balaban J connectivity index is 2.81. The second-order valence-corrected chi connectivity index (χ2v) is 3.56. The molecule has 0 aromatic carbocycles. The molecule has 0 aromatic rings. The molecule has 1 rings (SSSR count). The molecule has 1 aliphatic rings. The Labute approximate surface area is 73.3 Å². The molecule has 1 aliphatic heterocycles. The molecule has 0 atom stereocenters. The van der Waals surface area contributed by atoms with E-state index in [0.29, 0.717) is 0 Å². The lowest BCUT2D eigenvalue weighted by molar-refractivity contribution is -0.132. The van der Waals surface area contributed by atoms with Crippen LogP contribution in [-0.4, -0.2) is 21.7 Å². The first-order chi connectivity index (χ1) is 5.01. The van der Waals surface area contributed by atoms with Crippen LogP contribution in [0.15, 0.2) is 16.6 Å². The Morgan fingerprint density at radius 1 is 1.73 bits per heavy atom. The molecule has 0 radical (unpaired) electrons. The van der Waals surface area contributed by atoms with E-state index >= 15 is 0 Å². The summed E-state index contributed by atoms with van der Waals surface area (Å²) in [6, 6.07) is 0. The van der Waals surface area contributed by atoms with Crippen molar-refractivity contribution < 1.29 is 9.90 Å². The number of aliphatic carboxylic acids is 1. The van der Waals surface area contributed by atoms with Crippen molar-refractivity contribution in [3.63, 3.8) is 0 Å². The normalized spacial score (nSPS) is 21.1. The lowest BCUT2D eigenvalue weighted by Crippen LogP contribution is -2.18. The summed E-state index contributed by atoms with van der Waals surface area (Å²) < 4.78 is -1.30. The van der Waals surface area contributed by atoms with E-state index in [-0.39, 0.29) is 12.0 Å². The average Bonchev–Trinajstić information content (AvgIpc) is 1.85. The molecule has 1 heterocycles. The van der Waals surface area contributed by atoms with Crippen molar-refractivity contribution in [2.45, 2.75) is 10.9 Å². The molecule has 1 N–H and O–H groups in total. The van der Waals surface area contributed by atoms with Gasteiger partial charge in [0, 0.05) is 18.2 Å². The van der Waals surface area contributed by atoms with E-state index in [1.807, 2.05) is 0 Å². The summed E-state index contributed by atoms with van der Waals surface area (Å²) in [5.74, 6) is -1.01. The highest BCUT2D eigenvalue weighted by Gasteiger charge is 2.28. The SMILES string of the molecule is O=C(O)C1=CC=NC(Cl)(Cl)C1. The third kappa shape index (κ3) is 2.20. The van der Waals surface area contributed by atoms with Gasteiger partial charge in [0.15, 0.2) is 0 Å². The fraction of sp³-hybridized carbons (Fsp3) is 0.333. The Hall–Kier alpha value is -0.540. The van der Waals surface area contributed by atoms with E-state index in [9.17, 15) is 4.79 Å². The lowest BCUT2D eigenvalue weighted by atomic mass is 10.1. The molecule has 3 nitrogen and oxygen atoms in total. The van der Waals surface area contributed by atoms with Gasteiger partial charge in [-0.3, -0.25) is 4.99 Å². The molecule has 0 saturated heterocycles. The van der Waals surface area contributed by atoms with E-state index in [1.54, 1.807) is 0 Å². The summed E-state index contributed by atoms with van der Waals surface area (Å²) in [7, 11) is 0. The first kappa shape index (κ1) is 8.56. The number of alkyl halides is 2. The van der Waals surface area contributed by atoms with Crippen molar-refractivity contribution in [2.75, 3.05) is 0 Å². The largest absolute Gasteiger partial charge is 0.478 e. The average molecular weight is 194 g/mol. The van der Waals surface area contributed by atoms with E-state index < -0.39 is 10.4 Å². The first-order valence-electron chi connectivity index (χ1n) is 2.87. The van der Waals surface area contributed by atoms with Gasteiger partial charge in [0.25, 0.3) is 0 Å². The zero-order valence-electron chi connectivity index (χ0n) is 5.42. The van der Waals surface area contributed by atoms with Crippen LogP contribution in [0.3, 0.4) is 0 Å². The molecule has 0 aromatic heterocycles. The molecular weight excluding hydrogens is 189 g/mol. The number of rotatable bonds is 1. The Morgan fingerprint density at radius 2 is 2.36 bits per heavy atom. The number of carboxylic acids is 1. The Morgan fingerprint density at radius 3 is 2.73 bits per heavy atom. The lowest BCUT2D eigenvalue weighted by Gasteiger charge is -2.16. The van der Waals surface area contributed by atoms with Crippen LogP contribution in [0, 0.1) is 0 Å². The number of aliphatic imine (C=N–C) groups is 1. The fourth-order valence-electron chi connectivity index (χ4n) is 0.717. The van der Waals surface area contributed by atoms with Gasteiger partial charge in [-0.25, -0.2) is 4.79 Å². The van der Waals surface area contributed by atoms with Gasteiger partial charge in [-0.15, -0.1) is 0 Å². The van der Waals surface area contributed by atoms with Crippen LogP contribution in [0.4, 0.5) is 0 Å². The number of hydrogen-bond donors (Lipinski definition) is 1. The van der Waals surface area contributed by atoms with E-state index in [4.69, 9.17) is 28.3 Å². The third-order valence-corrected chi connectivity index (χ3v) is 1.68. The highest BCUT2D eigenvalue weighted by atomic mass is 35.5. The van der Waals surface area contributed by atoms with Gasteiger partial charge in [0.1, 0.15) is 0 Å². The molecule has 0 bridgehead atoms. The minimum atomic E-state index is -1.30. The van der Waals surface area contributed by atoms with Gasteiger partial charge in [0.05, 0.1) is 0 Å². The van der Waals surface area contributed by atoms with Gasteiger partial charge in [-0.2, -0.15) is 0 Å². The van der Waals surface area contributed by atoms with Crippen molar-refractivity contribution in [1.29, 1.82) is 0 Å². The Kier molecular flexibility index (Phi) is 2.20. The zero-order chi connectivity index (χ0) is 8.48. The number of allylic oxidation sites excluding steroid dienone is 1. The van der Waals surface area contributed by atoms with Crippen molar-refractivity contribution in [1.82, 2.24) is 0 Å². The molecule has 0 unspecified atom stereocenters. The fourth-order valence-corrected chi connectivity index (χ4v) is 1.12. The summed E-state index contributed by atoms with van der Waals surface area (Å²) in [6.45, 7) is 0. The summed E-state index contributed by atoms with van der Waals surface area (Å²) in [4.78, 5) is 14.1. The van der Waals surface area contributed by atoms with Crippen LogP contribution < -0.4 is 0 Å². The highest BCUT2D eigenvalue weighted by molar-refractivity contribution is 6.49. The quantitative estimate of drug-likeness (QED) is 0.509. The molecule has 11 heavy (non-hydrogen) atoms. The summed E-state index contributed by atoms with van der Waals surface area (Å²) in [5, 5.41) is 8.52. The van der Waals surface area contributed by atoms with Gasteiger partial charge in [-0.05, 0) is 6.08 Å². The molecule has 0 aliphatic carbocycles. The van der Waals surface area contributed by atoms with Crippen molar-refractivity contribution in [3.8, 4) is 0 Å². The molecule has 0 spiro atoms. The standard InChI is InChI=1S/C6H5Cl2NO2/c7-6(8)3-4(5(10)11)1-2-9-6/h1-2H,3H2,(H,10,11).